The second kappa shape index (κ2) is 76.6. The highest BCUT2D eigenvalue weighted by atomic mass is 31.2. The monoisotopic (exact) mass is 1500 g/mol. The summed E-state index contributed by atoms with van der Waals surface area (Å²) in [5, 5.41) is 10.6. The van der Waals surface area contributed by atoms with Gasteiger partial charge in [0.25, 0.3) is 0 Å². The van der Waals surface area contributed by atoms with Crippen LogP contribution in [0.3, 0.4) is 0 Å². The van der Waals surface area contributed by atoms with Gasteiger partial charge in [0.2, 0.25) is 0 Å². The Labute approximate surface area is 632 Å². The molecule has 0 saturated carbocycles. The second-order valence-corrected chi connectivity index (χ2v) is 29.9. The highest BCUT2D eigenvalue weighted by molar-refractivity contribution is 7.47. The molecule has 104 heavy (non-hydrogen) atoms. The van der Waals surface area contributed by atoms with Crippen LogP contribution in [0.2, 0.25) is 0 Å². The van der Waals surface area contributed by atoms with Crippen LogP contribution < -0.4 is 0 Å². The van der Waals surface area contributed by atoms with Crippen LogP contribution in [-0.4, -0.2) is 96.7 Å². The highest BCUT2D eigenvalue weighted by Gasteiger charge is 2.30. The van der Waals surface area contributed by atoms with Gasteiger partial charge in [-0.05, 0) is 109 Å². The lowest BCUT2D eigenvalue weighted by Crippen LogP contribution is -2.30. The van der Waals surface area contributed by atoms with Crippen LogP contribution >= 0.6 is 15.6 Å². The molecule has 0 aliphatic heterocycles. The van der Waals surface area contributed by atoms with Gasteiger partial charge in [-0.15, -0.1) is 0 Å². The third-order valence-electron chi connectivity index (χ3n) is 17.0. The number of rotatable bonds is 76. The fraction of sp³-hybridized carbons (Fsp3) is 0.718. The van der Waals surface area contributed by atoms with E-state index in [0.29, 0.717) is 32.1 Å². The highest BCUT2D eigenvalue weighted by Crippen LogP contribution is 2.45. The number of esters is 4. The topological polar surface area (TPSA) is 237 Å². The van der Waals surface area contributed by atoms with Crippen molar-refractivity contribution in [2.45, 2.75) is 354 Å². The number of aliphatic hydroxyl groups excluding tert-OH is 1. The van der Waals surface area contributed by atoms with E-state index in [4.69, 9.17) is 37.0 Å². The predicted octanol–water partition coefficient (Wildman–Crippen LogP) is 23.9. The fourth-order valence-corrected chi connectivity index (χ4v) is 12.4. The molecule has 5 atom stereocenters. The van der Waals surface area contributed by atoms with Crippen molar-refractivity contribution in [3.8, 4) is 0 Å². The Hall–Kier alpha value is -4.54. The summed E-state index contributed by atoms with van der Waals surface area (Å²) < 4.78 is 68.6. The molecule has 0 rings (SSSR count). The zero-order valence-electron chi connectivity index (χ0n) is 65.4. The molecule has 0 bridgehead atoms. The lowest BCUT2D eigenvalue weighted by Gasteiger charge is -2.21. The van der Waals surface area contributed by atoms with Crippen LogP contribution in [0.15, 0.2) is 122 Å². The molecule has 0 aliphatic carbocycles. The normalized spacial score (nSPS) is 14.5. The van der Waals surface area contributed by atoms with Crippen molar-refractivity contribution in [2.24, 2.45) is 0 Å². The molecule has 0 aliphatic rings. The summed E-state index contributed by atoms with van der Waals surface area (Å²) >= 11 is 0. The Morgan fingerprint density at radius 1 is 0.279 bits per heavy atom. The molecule has 19 heteroatoms. The van der Waals surface area contributed by atoms with Crippen LogP contribution in [0.5, 0.6) is 0 Å². The van der Waals surface area contributed by atoms with Crippen molar-refractivity contribution >= 4 is 39.5 Å². The van der Waals surface area contributed by atoms with E-state index in [1.54, 1.807) is 0 Å². The van der Waals surface area contributed by atoms with Crippen molar-refractivity contribution in [3.05, 3.63) is 122 Å². The van der Waals surface area contributed by atoms with Crippen LogP contribution in [0, 0.1) is 0 Å². The summed E-state index contributed by atoms with van der Waals surface area (Å²) in [5.74, 6) is -2.26. The lowest BCUT2D eigenvalue weighted by molar-refractivity contribution is -0.161. The number of carbonyl (C=O) groups is 4. The zero-order chi connectivity index (χ0) is 76.0. The van der Waals surface area contributed by atoms with Crippen molar-refractivity contribution in [2.75, 3.05) is 39.6 Å². The van der Waals surface area contributed by atoms with Crippen LogP contribution in [0.1, 0.15) is 336 Å². The Bertz CT molecular complexity index is 2440. The van der Waals surface area contributed by atoms with E-state index < -0.39 is 97.5 Å². The number of carbonyl (C=O) groups excluding carboxylic acids is 4. The SMILES string of the molecule is CC/C=C\C/C=C\C/C=C\C/C=C\C/C=C\CCCCCC(=O)OCC(COP(=O)(O)OCC(O)COP(=O)(O)OCC(COC(=O)CCC/C=C\C/C=C\C/C=C\C/C=C\C/C=C\CC)OC(=O)CCCCCCCCCCCCCCCCC)OC(=O)CCCCCCCCCCCCCCC. The molecule has 3 N–H and O–H groups in total. The molecule has 5 unspecified atom stereocenters. The van der Waals surface area contributed by atoms with Gasteiger partial charge in [0.1, 0.15) is 19.3 Å². The van der Waals surface area contributed by atoms with Gasteiger partial charge in [-0.1, -0.05) is 323 Å². The molecule has 0 spiro atoms. The summed E-state index contributed by atoms with van der Waals surface area (Å²) in [6.45, 7) is 4.59. The molecule has 598 valence electrons. The Balaban J connectivity index is 5.41. The van der Waals surface area contributed by atoms with Gasteiger partial charge in [0.05, 0.1) is 26.4 Å². The maximum Gasteiger partial charge on any atom is 0.472 e. The number of unbranched alkanes of at least 4 members (excludes halogenated alkanes) is 30. The summed E-state index contributed by atoms with van der Waals surface area (Å²) in [6, 6.07) is 0. The maximum atomic E-state index is 13.1. The Morgan fingerprint density at radius 3 is 0.808 bits per heavy atom. The van der Waals surface area contributed by atoms with Crippen LogP contribution in [0.25, 0.3) is 0 Å². The van der Waals surface area contributed by atoms with Crippen molar-refractivity contribution < 1.29 is 80.2 Å². The van der Waals surface area contributed by atoms with Gasteiger partial charge in [0.15, 0.2) is 12.2 Å². The average molecular weight is 1500 g/mol. The first kappa shape index (κ1) is 99.5. The first-order valence-corrected chi connectivity index (χ1v) is 43.8. The van der Waals surface area contributed by atoms with Gasteiger partial charge in [-0.25, -0.2) is 9.13 Å². The van der Waals surface area contributed by atoms with E-state index >= 15 is 0 Å². The summed E-state index contributed by atoms with van der Waals surface area (Å²) in [4.78, 5) is 73.0. The fourth-order valence-electron chi connectivity index (χ4n) is 10.8. The minimum atomic E-state index is -4.99. The van der Waals surface area contributed by atoms with E-state index in [1.165, 1.54) is 116 Å². The summed E-state index contributed by atoms with van der Waals surface area (Å²) in [5.41, 5.74) is 0. The van der Waals surface area contributed by atoms with E-state index in [2.05, 4.69) is 137 Å². The maximum absolute atomic E-state index is 13.1. The largest absolute Gasteiger partial charge is 0.472 e. The number of aliphatic hydroxyl groups is 1. The minimum Gasteiger partial charge on any atom is -0.462 e. The quantitative estimate of drug-likeness (QED) is 0.0169. The molecular weight excluding hydrogens is 1350 g/mol. The number of ether oxygens (including phenoxy) is 4. The van der Waals surface area contributed by atoms with Crippen LogP contribution in [-0.2, 0) is 65.4 Å². The first-order valence-electron chi connectivity index (χ1n) is 40.8. The Kier molecular flexibility index (Phi) is 73.3. The van der Waals surface area contributed by atoms with Gasteiger partial charge < -0.3 is 33.8 Å². The van der Waals surface area contributed by atoms with Gasteiger partial charge in [-0.2, -0.15) is 0 Å². The molecular formula is C85H146O17P2. The molecule has 0 saturated heterocycles. The van der Waals surface area contributed by atoms with Gasteiger partial charge >= 0.3 is 39.5 Å². The number of phosphoric acid groups is 2. The van der Waals surface area contributed by atoms with E-state index in [-0.39, 0.29) is 25.7 Å². The second-order valence-electron chi connectivity index (χ2n) is 27.0. The number of phosphoric ester groups is 2. The van der Waals surface area contributed by atoms with E-state index in [1.807, 2.05) is 12.2 Å². The standard InChI is InChI=1S/C85H146O17P2/c1-5-9-13-17-21-25-29-33-36-38-39-41-44-47-50-54-58-62-66-70-83(88)95-75-80(101-84(89)71-67-63-59-55-51-45-32-28-24-20-16-12-8-4)77-99-103(91,92)97-73-79(86)74-98-104(93,94)100-78-81(102-85(90)72-68-64-60-56-52-48-42-35-31-27-23-19-15-11-7-3)76-96-82(87)69-65-61-57-53-49-46-43-40-37-34-30-26-22-18-14-10-6-2/h9-10,13-14,21-22,25-26,33-34,36-37,39,41,43,46-47,50,53,57,79-81,86H,5-8,11-12,15-20,23-24,27-32,35,38,40,42,44-45,48-49,51-52,54-56,58-78H2,1-4H3,(H,91,92)(H,93,94)/b13-9-,14-10-,25-21-,26-22-,36-33-,37-34-,41-39-,46-43-,50-47-,57-53-. The molecule has 0 aromatic carbocycles. The van der Waals surface area contributed by atoms with Crippen molar-refractivity contribution in [1.29, 1.82) is 0 Å². The molecule has 0 fully saturated rings. The lowest BCUT2D eigenvalue weighted by atomic mass is 10.0. The third kappa shape index (κ3) is 75.7. The molecule has 17 nitrogen and oxygen atoms in total. The molecule has 0 aromatic rings. The number of allylic oxidation sites excluding steroid dienone is 20. The summed E-state index contributed by atoms with van der Waals surface area (Å²) in [7, 11) is -9.98. The van der Waals surface area contributed by atoms with Crippen LogP contribution in [0.4, 0.5) is 0 Å². The van der Waals surface area contributed by atoms with E-state index in [9.17, 15) is 43.2 Å². The predicted molar refractivity (Wildman–Crippen MR) is 427 cm³/mol. The molecule has 0 aromatic heterocycles. The molecule has 0 heterocycles. The average Bonchev–Trinajstić information content (AvgIpc) is 0.939. The van der Waals surface area contributed by atoms with Gasteiger partial charge in [-0.3, -0.25) is 37.3 Å². The minimum absolute atomic E-state index is 0.0834. The number of hydrogen-bond donors (Lipinski definition) is 3. The van der Waals surface area contributed by atoms with Crippen molar-refractivity contribution in [3.63, 3.8) is 0 Å². The van der Waals surface area contributed by atoms with Crippen molar-refractivity contribution in [1.82, 2.24) is 0 Å². The van der Waals surface area contributed by atoms with Gasteiger partial charge in [0, 0.05) is 25.7 Å². The third-order valence-corrected chi connectivity index (χ3v) is 18.9. The van der Waals surface area contributed by atoms with E-state index in [0.717, 1.165) is 135 Å². The molecule has 0 radical (unpaired) electrons. The number of hydrogen-bond acceptors (Lipinski definition) is 15. The zero-order valence-corrected chi connectivity index (χ0v) is 67.2. The molecule has 0 amide bonds. The Morgan fingerprint density at radius 2 is 0.510 bits per heavy atom. The summed E-state index contributed by atoms with van der Waals surface area (Å²) in [6.07, 6.45) is 84.6. The first-order chi connectivity index (χ1) is 50.7. The smallest absolute Gasteiger partial charge is 0.462 e.